The van der Waals surface area contributed by atoms with Crippen molar-refractivity contribution in [1.82, 2.24) is 9.71 Å². The number of aromatic nitrogens is 1. The Morgan fingerprint density at radius 2 is 2.09 bits per heavy atom. The van der Waals surface area contributed by atoms with Crippen molar-refractivity contribution in [2.75, 3.05) is 0 Å². The van der Waals surface area contributed by atoms with Gasteiger partial charge in [0, 0.05) is 17.6 Å². The standard InChI is InChI=1S/C14H14N2O4S2/c17-14(18)11-4-1-9(7-15-11)8-16-22(19,20)13-6-5-12(21-13)10-2-3-10/h1,4-7,10,16H,2-3,8H2,(H,17,18). The minimum atomic E-state index is -3.55. The number of hydrogen-bond acceptors (Lipinski definition) is 5. The Hall–Kier alpha value is -1.77. The van der Waals surface area contributed by atoms with E-state index < -0.39 is 16.0 Å². The summed E-state index contributed by atoms with van der Waals surface area (Å²) in [5.41, 5.74) is 0.534. The number of hydrogen-bond donors (Lipinski definition) is 2. The van der Waals surface area contributed by atoms with Gasteiger partial charge in [-0.05, 0) is 42.5 Å². The number of sulfonamides is 1. The van der Waals surface area contributed by atoms with Crippen LogP contribution in [0.5, 0.6) is 0 Å². The SMILES string of the molecule is O=C(O)c1ccc(CNS(=O)(=O)c2ccc(C3CC3)s2)cn1. The molecule has 1 aliphatic rings. The zero-order chi connectivity index (χ0) is 15.7. The number of thiophene rings is 1. The van der Waals surface area contributed by atoms with Gasteiger partial charge >= 0.3 is 5.97 Å². The molecule has 1 aliphatic carbocycles. The van der Waals surface area contributed by atoms with Crippen LogP contribution in [0.15, 0.2) is 34.7 Å². The molecule has 0 aromatic carbocycles. The second-order valence-corrected chi connectivity index (χ2v) is 8.22. The van der Waals surface area contributed by atoms with Crippen LogP contribution in [0.2, 0.25) is 0 Å². The van der Waals surface area contributed by atoms with E-state index in [1.165, 1.54) is 23.6 Å². The van der Waals surface area contributed by atoms with Gasteiger partial charge in [0.1, 0.15) is 9.90 Å². The number of rotatable bonds is 6. The first-order chi connectivity index (χ1) is 10.5. The van der Waals surface area contributed by atoms with Crippen LogP contribution >= 0.6 is 11.3 Å². The molecule has 1 saturated carbocycles. The van der Waals surface area contributed by atoms with Crippen LogP contribution in [-0.4, -0.2) is 24.5 Å². The summed E-state index contributed by atoms with van der Waals surface area (Å²) in [4.78, 5) is 15.6. The molecule has 2 aromatic heterocycles. The van der Waals surface area contributed by atoms with Gasteiger partial charge in [-0.3, -0.25) is 0 Å². The van der Waals surface area contributed by atoms with Crippen LogP contribution in [0.1, 0.15) is 39.7 Å². The lowest BCUT2D eigenvalue weighted by Gasteiger charge is -2.05. The fraction of sp³-hybridized carbons (Fsp3) is 0.286. The first-order valence-electron chi connectivity index (χ1n) is 6.73. The number of nitrogens with zero attached hydrogens (tertiary/aromatic N) is 1. The van der Waals surface area contributed by atoms with E-state index in [2.05, 4.69) is 9.71 Å². The molecule has 2 heterocycles. The van der Waals surface area contributed by atoms with Crippen molar-refractivity contribution in [2.45, 2.75) is 29.5 Å². The molecule has 0 spiro atoms. The number of aromatic carboxylic acids is 1. The van der Waals surface area contributed by atoms with E-state index in [1.807, 2.05) is 6.07 Å². The van der Waals surface area contributed by atoms with E-state index in [4.69, 9.17) is 5.11 Å². The predicted octanol–water partition coefficient (Wildman–Crippen LogP) is 2.20. The smallest absolute Gasteiger partial charge is 0.354 e. The van der Waals surface area contributed by atoms with Crippen molar-refractivity contribution < 1.29 is 18.3 Å². The normalized spacial score (nSPS) is 14.9. The molecule has 6 nitrogen and oxygen atoms in total. The molecule has 0 saturated heterocycles. The third-order valence-electron chi connectivity index (χ3n) is 3.36. The highest BCUT2D eigenvalue weighted by atomic mass is 32.2. The van der Waals surface area contributed by atoms with E-state index in [9.17, 15) is 13.2 Å². The molecule has 0 aliphatic heterocycles. The summed E-state index contributed by atoms with van der Waals surface area (Å²) in [5, 5.41) is 8.76. The van der Waals surface area contributed by atoms with Crippen molar-refractivity contribution in [2.24, 2.45) is 0 Å². The summed E-state index contributed by atoms with van der Waals surface area (Å²) in [6.07, 6.45) is 3.63. The molecule has 3 rings (SSSR count). The fourth-order valence-corrected chi connectivity index (χ4v) is 4.53. The quantitative estimate of drug-likeness (QED) is 0.842. The van der Waals surface area contributed by atoms with Crippen molar-refractivity contribution in [3.8, 4) is 0 Å². The molecule has 1 fully saturated rings. The van der Waals surface area contributed by atoms with Gasteiger partial charge in [0.15, 0.2) is 0 Å². The average molecular weight is 338 g/mol. The van der Waals surface area contributed by atoms with Crippen LogP contribution < -0.4 is 4.72 Å². The number of pyridine rings is 1. The molecule has 22 heavy (non-hydrogen) atoms. The van der Waals surface area contributed by atoms with Gasteiger partial charge in [-0.25, -0.2) is 22.9 Å². The second kappa shape index (κ2) is 5.79. The lowest BCUT2D eigenvalue weighted by atomic mass is 10.2. The number of carbonyl (C=O) groups is 1. The van der Waals surface area contributed by atoms with E-state index in [0.717, 1.165) is 17.7 Å². The molecule has 116 valence electrons. The molecular formula is C14H14N2O4S2. The number of carboxylic acids is 1. The lowest BCUT2D eigenvalue weighted by Crippen LogP contribution is -2.22. The minimum absolute atomic E-state index is 0.0704. The van der Waals surface area contributed by atoms with Crippen molar-refractivity contribution in [3.63, 3.8) is 0 Å². The van der Waals surface area contributed by atoms with Crippen molar-refractivity contribution in [3.05, 3.63) is 46.6 Å². The zero-order valence-electron chi connectivity index (χ0n) is 11.5. The van der Waals surface area contributed by atoms with Crippen molar-refractivity contribution >= 4 is 27.3 Å². The summed E-state index contributed by atoms with van der Waals surface area (Å²) in [5.74, 6) is -0.583. The Bertz CT molecular complexity index is 793. The highest BCUT2D eigenvalue weighted by Gasteiger charge is 2.27. The molecule has 8 heteroatoms. The highest BCUT2D eigenvalue weighted by molar-refractivity contribution is 7.91. The van der Waals surface area contributed by atoms with Crippen LogP contribution in [0.25, 0.3) is 0 Å². The van der Waals surface area contributed by atoms with E-state index in [-0.39, 0.29) is 12.2 Å². The summed E-state index contributed by atoms with van der Waals surface area (Å²) in [6.45, 7) is 0.0753. The predicted molar refractivity (Wildman–Crippen MR) is 81.5 cm³/mol. The molecule has 0 amide bonds. The molecular weight excluding hydrogens is 324 g/mol. The fourth-order valence-electron chi connectivity index (χ4n) is 1.97. The summed E-state index contributed by atoms with van der Waals surface area (Å²) in [7, 11) is -3.55. The Balaban J connectivity index is 1.67. The Morgan fingerprint density at radius 3 is 2.68 bits per heavy atom. The van der Waals surface area contributed by atoms with Gasteiger partial charge in [-0.1, -0.05) is 6.07 Å². The van der Waals surface area contributed by atoms with E-state index >= 15 is 0 Å². The second-order valence-electron chi connectivity index (χ2n) is 5.11. The lowest BCUT2D eigenvalue weighted by molar-refractivity contribution is 0.0690. The maximum atomic E-state index is 12.2. The molecule has 2 aromatic rings. The number of carboxylic acid groups (broad SMARTS) is 1. The molecule has 2 N–H and O–H groups in total. The Kier molecular flexibility index (Phi) is 3.98. The van der Waals surface area contributed by atoms with Crippen LogP contribution in [0.4, 0.5) is 0 Å². The Morgan fingerprint density at radius 1 is 1.32 bits per heavy atom. The van der Waals surface area contributed by atoms with Gasteiger partial charge in [-0.15, -0.1) is 11.3 Å². The van der Waals surface area contributed by atoms with Gasteiger partial charge in [0.25, 0.3) is 0 Å². The third kappa shape index (κ3) is 3.34. The first-order valence-corrected chi connectivity index (χ1v) is 9.03. The summed E-state index contributed by atoms with van der Waals surface area (Å²) < 4.78 is 27.3. The summed E-state index contributed by atoms with van der Waals surface area (Å²) >= 11 is 1.31. The maximum absolute atomic E-state index is 12.2. The molecule has 0 radical (unpaired) electrons. The van der Waals surface area contributed by atoms with E-state index in [0.29, 0.717) is 15.7 Å². The average Bonchev–Trinajstić information content (AvgIpc) is 3.22. The Labute approximate surface area is 131 Å². The van der Waals surface area contributed by atoms with Gasteiger partial charge in [0.2, 0.25) is 10.0 Å². The molecule has 0 bridgehead atoms. The summed E-state index contributed by atoms with van der Waals surface area (Å²) in [6, 6.07) is 6.40. The largest absolute Gasteiger partial charge is 0.477 e. The van der Waals surface area contributed by atoms with Crippen LogP contribution in [-0.2, 0) is 16.6 Å². The first kappa shape index (κ1) is 15.1. The molecule has 0 atom stereocenters. The van der Waals surface area contributed by atoms with Gasteiger partial charge in [0.05, 0.1) is 0 Å². The monoisotopic (exact) mass is 338 g/mol. The molecule has 0 unspecified atom stereocenters. The number of nitrogens with one attached hydrogen (secondary N) is 1. The van der Waals surface area contributed by atoms with Gasteiger partial charge in [-0.2, -0.15) is 0 Å². The third-order valence-corrected chi connectivity index (χ3v) is 6.50. The maximum Gasteiger partial charge on any atom is 0.354 e. The minimum Gasteiger partial charge on any atom is -0.477 e. The highest BCUT2D eigenvalue weighted by Crippen LogP contribution is 2.43. The van der Waals surface area contributed by atoms with Crippen LogP contribution in [0, 0.1) is 0 Å². The topological polar surface area (TPSA) is 96.4 Å². The van der Waals surface area contributed by atoms with E-state index in [1.54, 1.807) is 12.1 Å². The van der Waals surface area contributed by atoms with Crippen molar-refractivity contribution in [1.29, 1.82) is 0 Å². The zero-order valence-corrected chi connectivity index (χ0v) is 13.2. The van der Waals surface area contributed by atoms with Gasteiger partial charge < -0.3 is 5.11 Å². The van der Waals surface area contributed by atoms with Crippen LogP contribution in [0.3, 0.4) is 0 Å².